The number of halogens is 1. The van der Waals surface area contributed by atoms with Gasteiger partial charge >= 0.3 is 0 Å². The molecule has 0 fully saturated rings. The number of hydrogen-bond acceptors (Lipinski definition) is 3. The van der Waals surface area contributed by atoms with E-state index >= 15 is 0 Å². The second-order valence-corrected chi connectivity index (χ2v) is 3.27. The Hall–Kier alpha value is -1.27. The van der Waals surface area contributed by atoms with Crippen molar-refractivity contribution in [2.24, 2.45) is 0 Å². The number of hydrogen-bond donors (Lipinski definition) is 1. The van der Waals surface area contributed by atoms with Crippen LogP contribution in [0.15, 0.2) is 0 Å². The Morgan fingerprint density at radius 1 is 1.43 bits per heavy atom. The maximum atomic E-state index is 5.90. The summed E-state index contributed by atoms with van der Waals surface area (Å²) in [6.07, 6.45) is 5.81. The highest BCUT2D eigenvalue weighted by Crippen LogP contribution is 2.19. The molecule has 1 N–H and O–H groups in total. The normalized spacial score (nSPS) is 9.57. The first kappa shape index (κ1) is 10.8. The van der Waals surface area contributed by atoms with E-state index in [1.807, 2.05) is 6.92 Å². The van der Waals surface area contributed by atoms with E-state index in [-0.39, 0.29) is 0 Å². The quantitative estimate of drug-likeness (QED) is 0.471. The Bertz CT molecular complexity index is 368. The van der Waals surface area contributed by atoms with Gasteiger partial charge in [0.1, 0.15) is 16.8 Å². The fraction of sp³-hybridized carbons (Fsp3) is 0.400. The van der Waals surface area contributed by atoms with E-state index in [9.17, 15) is 0 Å². The van der Waals surface area contributed by atoms with Crippen LogP contribution in [0.3, 0.4) is 0 Å². The summed E-state index contributed by atoms with van der Waals surface area (Å²) in [5, 5.41) is 3.60. The van der Waals surface area contributed by atoms with Gasteiger partial charge in [0.25, 0.3) is 0 Å². The van der Waals surface area contributed by atoms with Crippen LogP contribution >= 0.6 is 11.6 Å². The van der Waals surface area contributed by atoms with Crippen molar-refractivity contribution in [2.45, 2.75) is 20.3 Å². The van der Waals surface area contributed by atoms with Crippen LogP contribution in [0.25, 0.3) is 0 Å². The highest BCUT2D eigenvalue weighted by molar-refractivity contribution is 6.30. The second kappa shape index (κ2) is 4.83. The Morgan fingerprint density at radius 2 is 2.14 bits per heavy atom. The Kier molecular flexibility index (Phi) is 3.73. The molecule has 4 heteroatoms. The Labute approximate surface area is 88.9 Å². The van der Waals surface area contributed by atoms with Crippen molar-refractivity contribution in [3.63, 3.8) is 0 Å². The molecule has 0 radical (unpaired) electrons. The molecule has 0 aromatic carbocycles. The first-order valence-corrected chi connectivity index (χ1v) is 4.71. The van der Waals surface area contributed by atoms with Crippen molar-refractivity contribution < 1.29 is 0 Å². The zero-order chi connectivity index (χ0) is 10.6. The van der Waals surface area contributed by atoms with Crippen molar-refractivity contribution in [1.29, 1.82) is 0 Å². The van der Waals surface area contributed by atoms with E-state index in [1.54, 1.807) is 6.92 Å². The van der Waals surface area contributed by atoms with E-state index in [1.165, 1.54) is 0 Å². The van der Waals surface area contributed by atoms with Crippen LogP contribution in [0.5, 0.6) is 0 Å². The zero-order valence-corrected chi connectivity index (χ0v) is 9.02. The molecule has 1 aromatic heterocycles. The van der Waals surface area contributed by atoms with Crippen molar-refractivity contribution >= 4 is 17.4 Å². The van der Waals surface area contributed by atoms with Crippen LogP contribution in [0, 0.1) is 26.2 Å². The topological polar surface area (TPSA) is 37.8 Å². The number of terminal acetylenes is 1. The van der Waals surface area contributed by atoms with Crippen molar-refractivity contribution in [1.82, 2.24) is 9.97 Å². The summed E-state index contributed by atoms with van der Waals surface area (Å²) in [4.78, 5) is 8.27. The number of anilines is 1. The van der Waals surface area contributed by atoms with Crippen LogP contribution < -0.4 is 5.32 Å². The molecule has 1 aromatic rings. The molecule has 0 aliphatic heterocycles. The van der Waals surface area contributed by atoms with Gasteiger partial charge in [0.05, 0.1) is 0 Å². The number of nitrogens with one attached hydrogen (secondary N) is 1. The maximum absolute atomic E-state index is 5.90. The average molecular weight is 210 g/mol. The molecule has 0 atom stereocenters. The van der Waals surface area contributed by atoms with E-state index in [0.29, 0.717) is 23.9 Å². The molecule has 0 unspecified atom stereocenters. The smallest absolute Gasteiger partial charge is 0.137 e. The molecule has 14 heavy (non-hydrogen) atoms. The van der Waals surface area contributed by atoms with Gasteiger partial charge in [-0.3, -0.25) is 0 Å². The molecule has 3 nitrogen and oxygen atoms in total. The van der Waals surface area contributed by atoms with Gasteiger partial charge in [0, 0.05) is 18.5 Å². The number of aromatic nitrogens is 2. The third-order valence-electron chi connectivity index (χ3n) is 1.76. The summed E-state index contributed by atoms with van der Waals surface area (Å²) in [7, 11) is 0. The van der Waals surface area contributed by atoms with Crippen LogP contribution in [-0.4, -0.2) is 16.5 Å². The molecular weight excluding hydrogens is 198 g/mol. The summed E-state index contributed by atoms with van der Waals surface area (Å²) in [6.45, 7) is 4.38. The molecule has 0 amide bonds. The van der Waals surface area contributed by atoms with Gasteiger partial charge in [-0.05, 0) is 13.8 Å². The van der Waals surface area contributed by atoms with Gasteiger partial charge < -0.3 is 5.32 Å². The lowest BCUT2D eigenvalue weighted by atomic mass is 10.3. The molecule has 0 spiro atoms. The molecule has 1 rings (SSSR count). The zero-order valence-electron chi connectivity index (χ0n) is 8.26. The number of aryl methyl sites for hydroxylation is 1. The van der Waals surface area contributed by atoms with Gasteiger partial charge in [-0.2, -0.15) is 0 Å². The van der Waals surface area contributed by atoms with Crippen molar-refractivity contribution in [3.8, 4) is 12.3 Å². The predicted molar refractivity (Wildman–Crippen MR) is 58.5 cm³/mol. The van der Waals surface area contributed by atoms with Gasteiger partial charge in [-0.15, -0.1) is 12.3 Å². The van der Waals surface area contributed by atoms with Crippen LogP contribution in [0.4, 0.5) is 5.82 Å². The number of nitrogens with zero attached hydrogens (tertiary/aromatic N) is 2. The maximum Gasteiger partial charge on any atom is 0.137 e. The third kappa shape index (κ3) is 2.61. The highest BCUT2D eigenvalue weighted by Gasteiger charge is 2.05. The summed E-state index contributed by atoms with van der Waals surface area (Å²) >= 11 is 5.90. The van der Waals surface area contributed by atoms with Gasteiger partial charge in [0.2, 0.25) is 0 Å². The van der Waals surface area contributed by atoms with Crippen molar-refractivity contribution in [3.05, 3.63) is 16.5 Å². The fourth-order valence-electron chi connectivity index (χ4n) is 1.02. The lowest BCUT2D eigenvalue weighted by molar-refractivity contribution is 0.996. The molecular formula is C10H12ClN3. The molecule has 0 aliphatic rings. The molecule has 74 valence electrons. The Balaban J connectivity index is 2.81. The largest absolute Gasteiger partial charge is 0.369 e. The van der Waals surface area contributed by atoms with Crippen LogP contribution in [-0.2, 0) is 0 Å². The fourth-order valence-corrected chi connectivity index (χ4v) is 1.23. The molecule has 0 aliphatic carbocycles. The van der Waals surface area contributed by atoms with E-state index in [2.05, 4.69) is 21.2 Å². The first-order chi connectivity index (χ1) is 6.65. The van der Waals surface area contributed by atoms with E-state index < -0.39 is 0 Å². The Morgan fingerprint density at radius 3 is 2.79 bits per heavy atom. The van der Waals surface area contributed by atoms with Crippen LogP contribution in [0.1, 0.15) is 17.8 Å². The third-order valence-corrected chi connectivity index (χ3v) is 2.13. The summed E-state index contributed by atoms with van der Waals surface area (Å²) in [5.74, 6) is 3.97. The predicted octanol–water partition coefficient (Wildman–Crippen LogP) is 2.18. The summed E-state index contributed by atoms with van der Waals surface area (Å²) in [6, 6.07) is 0. The monoisotopic (exact) mass is 209 g/mol. The standard InChI is InChI=1S/C10H12ClN3/c1-4-5-6-12-10-7(2)9(11)13-8(3)14-10/h1H,5-6H2,2-3H3,(H,12,13,14). The summed E-state index contributed by atoms with van der Waals surface area (Å²) in [5.41, 5.74) is 0.856. The highest BCUT2D eigenvalue weighted by atomic mass is 35.5. The lowest BCUT2D eigenvalue weighted by Gasteiger charge is -2.08. The SMILES string of the molecule is C#CCCNc1nc(C)nc(Cl)c1C. The minimum atomic E-state index is 0.487. The first-order valence-electron chi connectivity index (χ1n) is 4.33. The van der Waals surface area contributed by atoms with E-state index in [4.69, 9.17) is 18.0 Å². The minimum Gasteiger partial charge on any atom is -0.369 e. The van der Waals surface area contributed by atoms with Gasteiger partial charge in [-0.1, -0.05) is 11.6 Å². The van der Waals surface area contributed by atoms with Crippen molar-refractivity contribution in [2.75, 3.05) is 11.9 Å². The summed E-state index contributed by atoms with van der Waals surface area (Å²) < 4.78 is 0. The molecule has 0 saturated heterocycles. The van der Waals surface area contributed by atoms with Gasteiger partial charge in [-0.25, -0.2) is 9.97 Å². The van der Waals surface area contributed by atoms with Gasteiger partial charge in [0.15, 0.2) is 0 Å². The lowest BCUT2D eigenvalue weighted by Crippen LogP contribution is -2.06. The minimum absolute atomic E-state index is 0.487. The average Bonchev–Trinajstić information content (AvgIpc) is 2.13. The van der Waals surface area contributed by atoms with E-state index in [0.717, 1.165) is 11.4 Å². The molecule has 0 saturated carbocycles. The second-order valence-electron chi connectivity index (χ2n) is 2.92. The molecule has 0 bridgehead atoms. The van der Waals surface area contributed by atoms with Crippen LogP contribution in [0.2, 0.25) is 5.15 Å². The molecule has 1 heterocycles. The number of rotatable bonds is 3.